The summed E-state index contributed by atoms with van der Waals surface area (Å²) >= 11 is 0. The van der Waals surface area contributed by atoms with E-state index in [4.69, 9.17) is 4.99 Å². The lowest BCUT2D eigenvalue weighted by Crippen LogP contribution is -2.26. The predicted octanol–water partition coefficient (Wildman–Crippen LogP) is 16.1. The third-order valence-corrected chi connectivity index (χ3v) is 16.1. The van der Waals surface area contributed by atoms with Gasteiger partial charge >= 0.3 is 0 Å². The summed E-state index contributed by atoms with van der Waals surface area (Å²) in [6, 6.07) is 83.4. The predicted molar refractivity (Wildman–Crippen MR) is 285 cm³/mol. The van der Waals surface area contributed by atoms with Crippen LogP contribution in [-0.2, 0) is 10.8 Å². The maximum absolute atomic E-state index is 5.68. The summed E-state index contributed by atoms with van der Waals surface area (Å²) in [4.78, 5) is 5.68. The molecule has 2 heterocycles. The number of fused-ring (bicyclic) bond motifs is 17. The Balaban J connectivity index is 0.858. The molecule has 15 rings (SSSR count). The van der Waals surface area contributed by atoms with Crippen molar-refractivity contribution in [2.24, 2.45) is 4.99 Å². The molecule has 0 fully saturated rings. The molecule has 69 heavy (non-hydrogen) atoms. The van der Waals surface area contributed by atoms with Gasteiger partial charge < -0.3 is 9.88 Å². The van der Waals surface area contributed by atoms with Crippen molar-refractivity contribution in [2.45, 2.75) is 30.8 Å². The molecule has 0 radical (unpaired) electrons. The van der Waals surface area contributed by atoms with Crippen LogP contribution in [0, 0.1) is 0 Å². The van der Waals surface area contributed by atoms with Gasteiger partial charge in [0.25, 0.3) is 0 Å². The first-order valence-electron chi connectivity index (χ1n) is 24.2. The molecule has 4 aliphatic rings. The Morgan fingerprint density at radius 2 is 0.957 bits per heavy atom. The van der Waals surface area contributed by atoms with Gasteiger partial charge in [-0.25, -0.2) is 0 Å². The van der Waals surface area contributed by atoms with Gasteiger partial charge in [0.2, 0.25) is 0 Å². The fourth-order valence-corrected chi connectivity index (χ4v) is 13.0. The van der Waals surface area contributed by atoms with E-state index in [1.54, 1.807) is 0 Å². The molecule has 0 bridgehead atoms. The van der Waals surface area contributed by atoms with Crippen LogP contribution in [0.25, 0.3) is 72.0 Å². The zero-order valence-electron chi connectivity index (χ0n) is 38.3. The van der Waals surface area contributed by atoms with Crippen LogP contribution in [-0.4, -0.2) is 10.3 Å². The lowest BCUT2D eigenvalue weighted by molar-refractivity contribution is 0.661. The highest BCUT2D eigenvalue weighted by Crippen LogP contribution is 2.64. The standard InChI is InChI=1S/C66H45N3/c1-65(2)53-25-11-6-21-46(53)50-38-52-51-37-42(35-36-60(51)69(61(52)39-58(50)65)43-17-4-3-5-18-43)40-31-33-41(34-32-40)63-48-23-10-15-30-59(48)67-64(68-63)49-24-16-29-57-62(49)47-22-9-14-28-56(47)66(57)54-26-12-7-19-44(54)45-20-8-13-27-55(45)66/h3-39,64,67H,1-2H3. The lowest BCUT2D eigenvalue weighted by atomic mass is 9.70. The van der Waals surface area contributed by atoms with Crippen molar-refractivity contribution in [2.75, 3.05) is 5.32 Å². The quantitative estimate of drug-likeness (QED) is 0.187. The molecule has 1 aromatic heterocycles. The number of benzene rings is 10. The van der Waals surface area contributed by atoms with Crippen LogP contribution in [0.4, 0.5) is 5.69 Å². The van der Waals surface area contributed by atoms with Crippen LogP contribution in [0.5, 0.6) is 0 Å². The van der Waals surface area contributed by atoms with E-state index in [1.807, 2.05) is 0 Å². The summed E-state index contributed by atoms with van der Waals surface area (Å²) in [6.07, 6.45) is -0.303. The molecule has 1 N–H and O–H groups in total. The fraction of sp³-hybridized carbons (Fsp3) is 0.0758. The number of nitrogens with zero attached hydrogens (tertiary/aromatic N) is 2. The van der Waals surface area contributed by atoms with E-state index >= 15 is 0 Å². The second-order valence-corrected chi connectivity index (χ2v) is 19.8. The highest BCUT2D eigenvalue weighted by atomic mass is 15.1. The number of anilines is 1. The third-order valence-electron chi connectivity index (χ3n) is 16.1. The Morgan fingerprint density at radius 1 is 0.406 bits per heavy atom. The van der Waals surface area contributed by atoms with E-state index in [1.165, 1.54) is 111 Å². The van der Waals surface area contributed by atoms with Gasteiger partial charge in [-0.05, 0) is 120 Å². The Hall–Kier alpha value is -8.53. The van der Waals surface area contributed by atoms with Crippen LogP contribution >= 0.6 is 0 Å². The number of nitrogens with one attached hydrogen (secondary N) is 1. The number of aromatic nitrogens is 1. The second kappa shape index (κ2) is 14.0. The van der Waals surface area contributed by atoms with Crippen LogP contribution < -0.4 is 5.32 Å². The first kappa shape index (κ1) is 38.6. The Morgan fingerprint density at radius 3 is 1.68 bits per heavy atom. The zero-order valence-corrected chi connectivity index (χ0v) is 38.3. The SMILES string of the molecule is CC1(C)c2ccccc2-c2cc3c4cc(-c5ccc(C6=NC(c7cccc8c7-c7ccccc7C87c8ccccc8-c8ccccc87)Nc7ccccc76)cc5)ccc4n(-c4ccccc4)c3cc21. The molecule has 3 nitrogen and oxygen atoms in total. The molecule has 0 saturated carbocycles. The minimum Gasteiger partial charge on any atom is -0.359 e. The second-order valence-electron chi connectivity index (χ2n) is 19.8. The maximum atomic E-state index is 5.68. The highest BCUT2D eigenvalue weighted by molar-refractivity contribution is 6.17. The van der Waals surface area contributed by atoms with Gasteiger partial charge in [0.15, 0.2) is 0 Å². The van der Waals surface area contributed by atoms with Crippen molar-refractivity contribution in [1.82, 2.24) is 4.57 Å². The van der Waals surface area contributed by atoms with Gasteiger partial charge in [0.05, 0.1) is 22.2 Å². The Bertz CT molecular complexity index is 3970. The number of hydrogen-bond acceptors (Lipinski definition) is 2. The van der Waals surface area contributed by atoms with E-state index in [0.717, 1.165) is 22.5 Å². The van der Waals surface area contributed by atoms with Crippen LogP contribution in [0.15, 0.2) is 229 Å². The fourth-order valence-electron chi connectivity index (χ4n) is 13.0. The molecule has 1 aliphatic heterocycles. The molecule has 3 heteroatoms. The number of hydrogen-bond donors (Lipinski definition) is 1. The summed E-state index contributed by atoms with van der Waals surface area (Å²) in [5.41, 5.74) is 26.9. The zero-order chi connectivity index (χ0) is 45.6. The third kappa shape index (κ3) is 5.14. The van der Waals surface area contributed by atoms with Gasteiger partial charge in [-0.15, -0.1) is 0 Å². The number of rotatable bonds is 4. The van der Waals surface area contributed by atoms with Gasteiger partial charge in [-0.2, -0.15) is 0 Å². The Kier molecular flexibility index (Phi) is 7.83. The highest BCUT2D eigenvalue weighted by Gasteiger charge is 2.52. The van der Waals surface area contributed by atoms with Crippen molar-refractivity contribution in [3.8, 4) is 50.2 Å². The van der Waals surface area contributed by atoms with Crippen LogP contribution in [0.3, 0.4) is 0 Å². The molecule has 1 unspecified atom stereocenters. The summed E-state index contributed by atoms with van der Waals surface area (Å²) in [7, 11) is 0. The maximum Gasteiger partial charge on any atom is 0.146 e. The number of aliphatic imine (C=N–C) groups is 1. The molecule has 3 aliphatic carbocycles. The summed E-state index contributed by atoms with van der Waals surface area (Å²) in [5, 5.41) is 6.43. The molecule has 0 amide bonds. The average molecular weight is 880 g/mol. The van der Waals surface area contributed by atoms with Crippen LogP contribution in [0.1, 0.15) is 70.1 Å². The molecule has 11 aromatic rings. The van der Waals surface area contributed by atoms with Gasteiger partial charge in [-0.3, -0.25) is 4.99 Å². The Labute approximate surface area is 401 Å². The average Bonchev–Trinajstić information content (AvgIpc) is 4.08. The first-order chi connectivity index (χ1) is 34.0. The lowest BCUT2D eigenvalue weighted by Gasteiger charge is -2.31. The molecular formula is C66H45N3. The monoisotopic (exact) mass is 879 g/mol. The smallest absolute Gasteiger partial charge is 0.146 e. The topological polar surface area (TPSA) is 29.3 Å². The van der Waals surface area contributed by atoms with Crippen LogP contribution in [0.2, 0.25) is 0 Å². The normalized spacial score (nSPS) is 16.0. The molecule has 324 valence electrons. The van der Waals surface area contributed by atoms with Gasteiger partial charge in [0, 0.05) is 44.3 Å². The van der Waals surface area contributed by atoms with E-state index in [0.29, 0.717) is 0 Å². The largest absolute Gasteiger partial charge is 0.359 e. The van der Waals surface area contributed by atoms with Crippen molar-refractivity contribution in [1.29, 1.82) is 0 Å². The van der Waals surface area contributed by atoms with Crippen molar-refractivity contribution >= 4 is 33.2 Å². The minimum atomic E-state index is -0.411. The van der Waals surface area contributed by atoms with Crippen molar-refractivity contribution < 1.29 is 0 Å². The van der Waals surface area contributed by atoms with E-state index < -0.39 is 5.41 Å². The van der Waals surface area contributed by atoms with Crippen molar-refractivity contribution in [3.63, 3.8) is 0 Å². The van der Waals surface area contributed by atoms with Crippen molar-refractivity contribution in [3.05, 3.63) is 275 Å². The van der Waals surface area contributed by atoms with E-state index in [9.17, 15) is 0 Å². The summed E-state index contributed by atoms with van der Waals surface area (Å²) in [6.45, 7) is 4.73. The first-order valence-corrected chi connectivity index (χ1v) is 24.2. The summed E-state index contributed by atoms with van der Waals surface area (Å²) < 4.78 is 2.45. The van der Waals surface area contributed by atoms with E-state index in [-0.39, 0.29) is 11.6 Å². The van der Waals surface area contributed by atoms with Gasteiger partial charge in [-0.1, -0.05) is 196 Å². The summed E-state index contributed by atoms with van der Waals surface area (Å²) in [5.74, 6) is 0. The molecule has 0 saturated heterocycles. The molecule has 1 atom stereocenters. The van der Waals surface area contributed by atoms with E-state index in [2.05, 4.69) is 248 Å². The molecular weight excluding hydrogens is 835 g/mol. The minimum absolute atomic E-state index is 0.0884. The number of para-hydroxylation sites is 2. The molecule has 10 aromatic carbocycles. The van der Waals surface area contributed by atoms with Gasteiger partial charge in [0.1, 0.15) is 6.17 Å². The molecule has 1 spiro atoms.